The van der Waals surface area contributed by atoms with Crippen LogP contribution in [0.2, 0.25) is 0 Å². The molecular weight excluding hydrogens is 182 g/mol. The Bertz CT molecular complexity index is 115. The van der Waals surface area contributed by atoms with Crippen molar-refractivity contribution in [2.75, 3.05) is 31.2 Å². The molecule has 0 aromatic carbocycles. The summed E-state index contributed by atoms with van der Waals surface area (Å²) < 4.78 is 5.62. The highest BCUT2D eigenvalue weighted by Crippen LogP contribution is 2.11. The summed E-state index contributed by atoms with van der Waals surface area (Å²) in [4.78, 5) is 0. The predicted octanol–water partition coefficient (Wildman–Crippen LogP) is 1.90. The highest BCUT2D eigenvalue weighted by Gasteiger charge is 2.12. The van der Waals surface area contributed by atoms with E-state index in [0.29, 0.717) is 6.10 Å². The first-order valence-electron chi connectivity index (χ1n) is 5.33. The van der Waals surface area contributed by atoms with Gasteiger partial charge in [0.2, 0.25) is 0 Å². The summed E-state index contributed by atoms with van der Waals surface area (Å²) in [5, 5.41) is 3.44. The van der Waals surface area contributed by atoms with Gasteiger partial charge in [-0.05, 0) is 25.0 Å². The molecule has 0 saturated carbocycles. The molecule has 0 radical (unpaired) electrons. The van der Waals surface area contributed by atoms with E-state index in [1.54, 1.807) is 0 Å². The number of nitrogens with one attached hydrogen (secondary N) is 1. The summed E-state index contributed by atoms with van der Waals surface area (Å²) in [6.45, 7) is 5.34. The molecule has 13 heavy (non-hydrogen) atoms. The third-order valence-electron chi connectivity index (χ3n) is 2.27. The van der Waals surface area contributed by atoms with Gasteiger partial charge in [0.1, 0.15) is 0 Å². The predicted molar refractivity (Wildman–Crippen MR) is 59.5 cm³/mol. The van der Waals surface area contributed by atoms with Gasteiger partial charge < -0.3 is 10.1 Å². The Kier molecular flexibility index (Phi) is 6.68. The first-order chi connectivity index (χ1) is 6.43. The Morgan fingerprint density at radius 3 is 3.08 bits per heavy atom. The van der Waals surface area contributed by atoms with Crippen molar-refractivity contribution in [1.82, 2.24) is 5.32 Å². The van der Waals surface area contributed by atoms with Crippen LogP contribution in [-0.2, 0) is 4.74 Å². The van der Waals surface area contributed by atoms with Crippen LogP contribution in [-0.4, -0.2) is 37.3 Å². The van der Waals surface area contributed by atoms with Gasteiger partial charge in [-0.3, -0.25) is 0 Å². The smallest absolute Gasteiger partial charge is 0.0699 e. The zero-order chi connectivity index (χ0) is 9.36. The van der Waals surface area contributed by atoms with Crippen LogP contribution in [0.3, 0.4) is 0 Å². The molecule has 3 heteroatoms. The van der Waals surface area contributed by atoms with Gasteiger partial charge in [-0.15, -0.1) is 0 Å². The van der Waals surface area contributed by atoms with Crippen molar-refractivity contribution in [3.63, 3.8) is 0 Å². The molecular formula is C10H21NOS. The SMILES string of the molecule is CCSCCNCC1CCCCO1. The van der Waals surface area contributed by atoms with Gasteiger partial charge >= 0.3 is 0 Å². The highest BCUT2D eigenvalue weighted by atomic mass is 32.2. The summed E-state index contributed by atoms with van der Waals surface area (Å²) in [5.74, 6) is 2.45. The van der Waals surface area contributed by atoms with E-state index >= 15 is 0 Å². The van der Waals surface area contributed by atoms with Crippen molar-refractivity contribution in [2.45, 2.75) is 32.3 Å². The van der Waals surface area contributed by atoms with E-state index in [1.807, 2.05) is 11.8 Å². The van der Waals surface area contributed by atoms with Crippen LogP contribution in [0.1, 0.15) is 26.2 Å². The van der Waals surface area contributed by atoms with Gasteiger partial charge in [0.25, 0.3) is 0 Å². The molecule has 0 amide bonds. The van der Waals surface area contributed by atoms with E-state index < -0.39 is 0 Å². The molecule has 1 aliphatic heterocycles. The van der Waals surface area contributed by atoms with E-state index in [1.165, 1.54) is 30.8 Å². The molecule has 1 rings (SSSR count). The van der Waals surface area contributed by atoms with Gasteiger partial charge in [-0.25, -0.2) is 0 Å². The maximum Gasteiger partial charge on any atom is 0.0699 e. The lowest BCUT2D eigenvalue weighted by Crippen LogP contribution is -2.32. The van der Waals surface area contributed by atoms with Gasteiger partial charge in [0, 0.05) is 25.4 Å². The van der Waals surface area contributed by atoms with Crippen molar-refractivity contribution in [3.05, 3.63) is 0 Å². The van der Waals surface area contributed by atoms with Crippen molar-refractivity contribution in [1.29, 1.82) is 0 Å². The zero-order valence-electron chi connectivity index (χ0n) is 8.55. The molecule has 1 fully saturated rings. The van der Waals surface area contributed by atoms with Crippen LogP contribution in [0.25, 0.3) is 0 Å². The van der Waals surface area contributed by atoms with Crippen molar-refractivity contribution < 1.29 is 4.74 Å². The molecule has 78 valence electrons. The van der Waals surface area contributed by atoms with Gasteiger partial charge in [-0.2, -0.15) is 11.8 Å². The molecule has 0 spiro atoms. The van der Waals surface area contributed by atoms with E-state index in [4.69, 9.17) is 4.74 Å². The summed E-state index contributed by atoms with van der Waals surface area (Å²) in [6.07, 6.45) is 4.33. The standard InChI is InChI=1S/C10H21NOS/c1-2-13-8-6-11-9-10-5-3-4-7-12-10/h10-11H,2-9H2,1H3. The van der Waals surface area contributed by atoms with Crippen LogP contribution in [0.5, 0.6) is 0 Å². The average Bonchev–Trinajstić information content (AvgIpc) is 2.19. The molecule has 0 aromatic heterocycles. The van der Waals surface area contributed by atoms with E-state index in [0.717, 1.165) is 19.7 Å². The fraction of sp³-hybridized carbons (Fsp3) is 1.00. The van der Waals surface area contributed by atoms with Crippen LogP contribution in [0.15, 0.2) is 0 Å². The second-order valence-corrected chi connectivity index (χ2v) is 4.78. The first-order valence-corrected chi connectivity index (χ1v) is 6.49. The monoisotopic (exact) mass is 203 g/mol. The first kappa shape index (κ1) is 11.3. The number of thioether (sulfide) groups is 1. The lowest BCUT2D eigenvalue weighted by atomic mass is 10.1. The minimum absolute atomic E-state index is 0.486. The topological polar surface area (TPSA) is 21.3 Å². The normalized spacial score (nSPS) is 23.3. The summed E-state index contributed by atoms with van der Waals surface area (Å²) >= 11 is 1.99. The lowest BCUT2D eigenvalue weighted by Gasteiger charge is -2.22. The number of hydrogen-bond donors (Lipinski definition) is 1. The van der Waals surface area contributed by atoms with Crippen LogP contribution >= 0.6 is 11.8 Å². The Balaban J connectivity index is 1.86. The van der Waals surface area contributed by atoms with Gasteiger partial charge in [0.15, 0.2) is 0 Å². The van der Waals surface area contributed by atoms with Crippen molar-refractivity contribution >= 4 is 11.8 Å². The fourth-order valence-electron chi connectivity index (χ4n) is 1.52. The van der Waals surface area contributed by atoms with Crippen LogP contribution in [0, 0.1) is 0 Å². The number of rotatable bonds is 6. The average molecular weight is 203 g/mol. The van der Waals surface area contributed by atoms with Crippen LogP contribution < -0.4 is 5.32 Å². The Morgan fingerprint density at radius 1 is 1.46 bits per heavy atom. The summed E-state index contributed by atoms with van der Waals surface area (Å²) in [7, 11) is 0. The maximum atomic E-state index is 5.62. The Labute approximate surface area is 85.8 Å². The lowest BCUT2D eigenvalue weighted by molar-refractivity contribution is 0.0173. The molecule has 0 bridgehead atoms. The van der Waals surface area contributed by atoms with Crippen LogP contribution in [0.4, 0.5) is 0 Å². The summed E-state index contributed by atoms with van der Waals surface area (Å²) in [5.41, 5.74) is 0. The minimum Gasteiger partial charge on any atom is -0.377 e. The third kappa shape index (κ3) is 5.55. The minimum atomic E-state index is 0.486. The van der Waals surface area contributed by atoms with Gasteiger partial charge in [0.05, 0.1) is 6.10 Å². The van der Waals surface area contributed by atoms with E-state index in [9.17, 15) is 0 Å². The maximum absolute atomic E-state index is 5.62. The third-order valence-corrected chi connectivity index (χ3v) is 3.17. The molecule has 1 saturated heterocycles. The van der Waals surface area contributed by atoms with E-state index in [-0.39, 0.29) is 0 Å². The second kappa shape index (κ2) is 7.65. The molecule has 1 heterocycles. The van der Waals surface area contributed by atoms with Crippen molar-refractivity contribution in [3.8, 4) is 0 Å². The molecule has 1 atom stereocenters. The van der Waals surface area contributed by atoms with Crippen molar-refractivity contribution in [2.24, 2.45) is 0 Å². The Hall–Kier alpha value is 0.270. The van der Waals surface area contributed by atoms with Gasteiger partial charge in [-0.1, -0.05) is 6.92 Å². The molecule has 1 unspecified atom stereocenters. The largest absolute Gasteiger partial charge is 0.377 e. The second-order valence-electron chi connectivity index (χ2n) is 3.39. The quantitative estimate of drug-likeness (QED) is 0.666. The molecule has 2 nitrogen and oxygen atoms in total. The highest BCUT2D eigenvalue weighted by molar-refractivity contribution is 7.99. The fourth-order valence-corrected chi connectivity index (χ4v) is 2.10. The zero-order valence-corrected chi connectivity index (χ0v) is 9.37. The molecule has 1 aliphatic rings. The Morgan fingerprint density at radius 2 is 2.38 bits per heavy atom. The number of hydrogen-bond acceptors (Lipinski definition) is 3. The number of ether oxygens (including phenoxy) is 1. The summed E-state index contributed by atoms with van der Waals surface area (Å²) in [6, 6.07) is 0. The molecule has 0 aliphatic carbocycles. The molecule has 1 N–H and O–H groups in total. The molecule has 0 aromatic rings. The van der Waals surface area contributed by atoms with E-state index in [2.05, 4.69) is 12.2 Å².